The lowest BCUT2D eigenvalue weighted by atomic mass is 9.94. The summed E-state index contributed by atoms with van der Waals surface area (Å²) in [6.07, 6.45) is 1.50. The number of hydrogen-bond donors (Lipinski definition) is 1. The SMILES string of the molecule is CCNc1cc2c(nn1)CCN(C(=O)[C@H]1COc3ccccc3C1)C2. The van der Waals surface area contributed by atoms with Gasteiger partial charge in [-0.05, 0) is 36.6 Å². The third kappa shape index (κ3) is 3.16. The second kappa shape index (κ2) is 6.70. The summed E-state index contributed by atoms with van der Waals surface area (Å²) in [5.41, 5.74) is 3.20. The van der Waals surface area contributed by atoms with Crippen molar-refractivity contribution in [2.45, 2.75) is 26.3 Å². The van der Waals surface area contributed by atoms with Crippen LogP contribution in [0.5, 0.6) is 5.75 Å². The fourth-order valence-electron chi connectivity index (χ4n) is 3.53. The predicted octanol–water partition coefficient (Wildman–Crippen LogP) is 2.04. The van der Waals surface area contributed by atoms with Gasteiger partial charge in [-0.2, -0.15) is 5.10 Å². The number of nitrogens with one attached hydrogen (secondary N) is 1. The number of carbonyl (C=O) groups excluding carboxylic acids is 1. The van der Waals surface area contributed by atoms with Crippen molar-refractivity contribution in [3.05, 3.63) is 47.2 Å². The Morgan fingerprint density at radius 3 is 3.08 bits per heavy atom. The molecular weight excluding hydrogens is 316 g/mol. The zero-order valence-electron chi connectivity index (χ0n) is 14.4. The van der Waals surface area contributed by atoms with E-state index >= 15 is 0 Å². The minimum atomic E-state index is -0.112. The van der Waals surface area contributed by atoms with Crippen LogP contribution in [0.3, 0.4) is 0 Å². The van der Waals surface area contributed by atoms with E-state index in [1.807, 2.05) is 42.2 Å². The maximum absolute atomic E-state index is 13.0. The molecule has 0 spiro atoms. The molecule has 1 N–H and O–H groups in total. The van der Waals surface area contributed by atoms with Gasteiger partial charge in [0.15, 0.2) is 0 Å². The number of hydrogen-bond acceptors (Lipinski definition) is 5. The molecular formula is C19H22N4O2. The van der Waals surface area contributed by atoms with Crippen molar-refractivity contribution in [1.29, 1.82) is 0 Å². The van der Waals surface area contributed by atoms with Crippen molar-refractivity contribution in [2.75, 3.05) is 25.0 Å². The number of aromatic nitrogens is 2. The summed E-state index contributed by atoms with van der Waals surface area (Å²) < 4.78 is 5.79. The van der Waals surface area contributed by atoms with Gasteiger partial charge in [0.05, 0.1) is 11.6 Å². The van der Waals surface area contributed by atoms with Gasteiger partial charge in [0.2, 0.25) is 5.91 Å². The van der Waals surface area contributed by atoms with Gasteiger partial charge in [-0.1, -0.05) is 18.2 Å². The third-order valence-corrected chi connectivity index (χ3v) is 4.84. The van der Waals surface area contributed by atoms with Crippen LogP contribution in [0.1, 0.15) is 23.7 Å². The van der Waals surface area contributed by atoms with Crippen LogP contribution in [0.4, 0.5) is 5.82 Å². The summed E-state index contributed by atoms with van der Waals surface area (Å²) in [6, 6.07) is 9.98. The predicted molar refractivity (Wildman–Crippen MR) is 94.4 cm³/mol. The van der Waals surface area contributed by atoms with Gasteiger partial charge in [-0.15, -0.1) is 5.10 Å². The molecule has 0 bridgehead atoms. The molecule has 25 heavy (non-hydrogen) atoms. The Morgan fingerprint density at radius 2 is 2.20 bits per heavy atom. The highest BCUT2D eigenvalue weighted by molar-refractivity contribution is 5.80. The number of nitrogens with zero attached hydrogens (tertiary/aromatic N) is 3. The van der Waals surface area contributed by atoms with E-state index in [2.05, 4.69) is 15.5 Å². The summed E-state index contributed by atoms with van der Waals surface area (Å²) in [5.74, 6) is 1.73. The molecule has 130 valence electrons. The molecule has 4 rings (SSSR count). The molecule has 6 heteroatoms. The molecule has 3 heterocycles. The van der Waals surface area contributed by atoms with Crippen LogP contribution in [0, 0.1) is 5.92 Å². The number of carbonyl (C=O) groups is 1. The first-order chi connectivity index (χ1) is 12.2. The van der Waals surface area contributed by atoms with Crippen LogP contribution in [-0.4, -0.2) is 40.7 Å². The van der Waals surface area contributed by atoms with E-state index in [0.717, 1.165) is 47.8 Å². The quantitative estimate of drug-likeness (QED) is 0.928. The topological polar surface area (TPSA) is 67.4 Å². The fourth-order valence-corrected chi connectivity index (χ4v) is 3.53. The molecule has 2 aliphatic heterocycles. The van der Waals surface area contributed by atoms with Gasteiger partial charge in [-0.25, -0.2) is 0 Å². The standard InChI is InChI=1S/C19H22N4O2/c1-2-20-18-10-14-11-23(8-7-16(14)21-22-18)19(24)15-9-13-5-3-4-6-17(13)25-12-15/h3-6,10,15H,2,7-9,11-12H2,1H3,(H,20,22)/t15-/m1/s1. The molecule has 0 saturated carbocycles. The fraction of sp³-hybridized carbons (Fsp3) is 0.421. The average molecular weight is 338 g/mol. The van der Waals surface area contributed by atoms with Crippen LogP contribution in [0.2, 0.25) is 0 Å². The van der Waals surface area contributed by atoms with Crippen molar-refractivity contribution in [3.8, 4) is 5.75 Å². The lowest BCUT2D eigenvalue weighted by Crippen LogP contribution is -2.43. The maximum atomic E-state index is 13.0. The minimum Gasteiger partial charge on any atom is -0.492 e. The molecule has 0 aliphatic carbocycles. The largest absolute Gasteiger partial charge is 0.492 e. The molecule has 0 saturated heterocycles. The summed E-state index contributed by atoms with van der Waals surface area (Å²) in [6.45, 7) is 4.57. The summed E-state index contributed by atoms with van der Waals surface area (Å²) in [7, 11) is 0. The molecule has 2 aliphatic rings. The zero-order valence-corrected chi connectivity index (χ0v) is 14.4. The lowest BCUT2D eigenvalue weighted by Gasteiger charge is -2.33. The van der Waals surface area contributed by atoms with Crippen LogP contribution in [0.15, 0.2) is 30.3 Å². The normalized spacial score (nSPS) is 18.8. The second-order valence-electron chi connectivity index (χ2n) is 6.56. The average Bonchev–Trinajstić information content (AvgIpc) is 2.66. The Bertz CT molecular complexity index is 793. The highest BCUT2D eigenvalue weighted by Gasteiger charge is 2.31. The zero-order chi connectivity index (χ0) is 17.2. The molecule has 1 amide bonds. The van der Waals surface area contributed by atoms with E-state index in [-0.39, 0.29) is 11.8 Å². The molecule has 0 unspecified atom stereocenters. The van der Waals surface area contributed by atoms with Crippen molar-refractivity contribution < 1.29 is 9.53 Å². The Kier molecular flexibility index (Phi) is 4.26. The molecule has 1 aromatic heterocycles. The van der Waals surface area contributed by atoms with E-state index in [1.54, 1.807) is 0 Å². The summed E-state index contributed by atoms with van der Waals surface area (Å²) >= 11 is 0. The molecule has 0 radical (unpaired) electrons. The van der Waals surface area contributed by atoms with E-state index < -0.39 is 0 Å². The summed E-state index contributed by atoms with van der Waals surface area (Å²) in [5, 5.41) is 11.7. The smallest absolute Gasteiger partial charge is 0.229 e. The van der Waals surface area contributed by atoms with Crippen LogP contribution < -0.4 is 10.1 Å². The number of ether oxygens (including phenoxy) is 1. The molecule has 6 nitrogen and oxygen atoms in total. The van der Waals surface area contributed by atoms with Gasteiger partial charge < -0.3 is 15.0 Å². The number of benzene rings is 1. The van der Waals surface area contributed by atoms with E-state index in [0.29, 0.717) is 19.7 Å². The summed E-state index contributed by atoms with van der Waals surface area (Å²) in [4.78, 5) is 14.9. The number of fused-ring (bicyclic) bond motifs is 2. The Labute approximate surface area is 147 Å². The molecule has 1 atom stereocenters. The van der Waals surface area contributed by atoms with E-state index in [9.17, 15) is 4.79 Å². The van der Waals surface area contributed by atoms with E-state index in [4.69, 9.17) is 4.74 Å². The van der Waals surface area contributed by atoms with E-state index in [1.165, 1.54) is 0 Å². The maximum Gasteiger partial charge on any atom is 0.229 e. The first-order valence-corrected chi connectivity index (χ1v) is 8.83. The Hall–Kier alpha value is -2.63. The van der Waals surface area contributed by atoms with Gasteiger partial charge >= 0.3 is 0 Å². The van der Waals surface area contributed by atoms with Crippen molar-refractivity contribution in [1.82, 2.24) is 15.1 Å². The van der Waals surface area contributed by atoms with Gasteiger partial charge in [-0.3, -0.25) is 4.79 Å². The Morgan fingerprint density at radius 1 is 1.32 bits per heavy atom. The number of para-hydroxylation sites is 1. The highest BCUT2D eigenvalue weighted by Crippen LogP contribution is 2.29. The van der Waals surface area contributed by atoms with Crippen molar-refractivity contribution in [2.24, 2.45) is 5.92 Å². The second-order valence-corrected chi connectivity index (χ2v) is 6.56. The van der Waals surface area contributed by atoms with Crippen LogP contribution in [0.25, 0.3) is 0 Å². The Balaban J connectivity index is 1.48. The van der Waals surface area contributed by atoms with Crippen molar-refractivity contribution >= 4 is 11.7 Å². The molecule has 0 fully saturated rings. The first-order valence-electron chi connectivity index (χ1n) is 8.83. The third-order valence-electron chi connectivity index (χ3n) is 4.84. The lowest BCUT2D eigenvalue weighted by molar-refractivity contribution is -0.137. The molecule has 2 aromatic rings. The monoisotopic (exact) mass is 338 g/mol. The number of amides is 1. The van der Waals surface area contributed by atoms with Crippen LogP contribution in [-0.2, 0) is 24.2 Å². The van der Waals surface area contributed by atoms with Crippen molar-refractivity contribution in [3.63, 3.8) is 0 Å². The molecule has 1 aromatic carbocycles. The van der Waals surface area contributed by atoms with Gasteiger partial charge in [0, 0.05) is 26.1 Å². The van der Waals surface area contributed by atoms with Crippen LogP contribution >= 0.6 is 0 Å². The first kappa shape index (κ1) is 15.9. The van der Waals surface area contributed by atoms with Gasteiger partial charge in [0.1, 0.15) is 18.2 Å². The minimum absolute atomic E-state index is 0.112. The number of anilines is 1. The number of rotatable bonds is 3. The highest BCUT2D eigenvalue weighted by atomic mass is 16.5. The van der Waals surface area contributed by atoms with Gasteiger partial charge in [0.25, 0.3) is 0 Å².